The van der Waals surface area contributed by atoms with Gasteiger partial charge in [0.15, 0.2) is 23.8 Å². The molecule has 4 N–H and O–H groups in total. The van der Waals surface area contributed by atoms with Crippen molar-refractivity contribution in [3.63, 3.8) is 0 Å². The summed E-state index contributed by atoms with van der Waals surface area (Å²) in [7, 11) is 0.915. The first-order valence-electron chi connectivity index (χ1n) is 5.59. The molecule has 21 heavy (non-hydrogen) atoms. The maximum absolute atomic E-state index is 12.9. The molecule has 0 aliphatic rings. The average molecular weight is 318 g/mol. The van der Waals surface area contributed by atoms with Gasteiger partial charge in [-0.15, -0.1) is 0 Å². The van der Waals surface area contributed by atoms with Crippen LogP contribution in [0.2, 0.25) is 0 Å². The Morgan fingerprint density at radius 1 is 1.19 bits per heavy atom. The maximum atomic E-state index is 12.9. The van der Waals surface area contributed by atoms with Crippen molar-refractivity contribution in [3.05, 3.63) is 17.8 Å². The van der Waals surface area contributed by atoms with E-state index in [1.54, 1.807) is 0 Å². The molecule has 0 bridgehead atoms. The summed E-state index contributed by atoms with van der Waals surface area (Å²) >= 11 is 0. The van der Waals surface area contributed by atoms with Gasteiger partial charge in [0.25, 0.3) is 0 Å². The van der Waals surface area contributed by atoms with Crippen LogP contribution < -0.4 is 20.8 Å². The molecule has 0 saturated carbocycles. The van der Waals surface area contributed by atoms with Crippen LogP contribution in [0.5, 0.6) is 5.88 Å². The molecule has 120 valence electrons. The lowest BCUT2D eigenvalue weighted by Gasteiger charge is -2.25. The first kappa shape index (κ1) is 17.3. The number of nitrogens with two attached hydrogens (primary N) is 2. The number of rotatable bonds is 3. The number of ether oxygens (including phenoxy) is 1. The molecule has 1 heterocycles. The van der Waals surface area contributed by atoms with E-state index in [0.717, 1.165) is 13.3 Å². The fraction of sp³-hybridized carbons (Fsp3) is 0.545. The molecule has 0 aliphatic heterocycles. The predicted octanol–water partition coefficient (Wildman–Crippen LogP) is 1.86. The quantitative estimate of drug-likeness (QED) is 0.660. The van der Waals surface area contributed by atoms with Crippen molar-refractivity contribution >= 4 is 5.69 Å². The number of nitrogens with zero attached hydrogens (tertiary/aromatic N) is 1. The third-order valence-electron chi connectivity index (χ3n) is 2.75. The highest BCUT2D eigenvalue weighted by Crippen LogP contribution is 2.36. The fourth-order valence-electron chi connectivity index (χ4n) is 1.65. The standard InChI is InChI=1S/C11H14F6N3O/c1-9(19,11(15,16)17)5-20-4-6(18)3-7(8(20)21-2)10(12,13)14/h3-4H,5,18-19H2,1-2H3/q+1. The molecule has 1 aromatic rings. The molecule has 1 atom stereocenters. The highest BCUT2D eigenvalue weighted by molar-refractivity contribution is 5.40. The Bertz CT molecular complexity index is 524. The van der Waals surface area contributed by atoms with Gasteiger partial charge in [-0.3, -0.25) is 0 Å². The summed E-state index contributed by atoms with van der Waals surface area (Å²) in [6.45, 7) is -0.316. The van der Waals surface area contributed by atoms with Crippen LogP contribution in [0.15, 0.2) is 12.3 Å². The zero-order valence-electron chi connectivity index (χ0n) is 11.1. The number of nitrogen functional groups attached to an aromatic ring is 1. The van der Waals surface area contributed by atoms with Crippen molar-refractivity contribution in [2.45, 2.75) is 31.4 Å². The van der Waals surface area contributed by atoms with Crippen molar-refractivity contribution < 1.29 is 35.6 Å². The Kier molecular flexibility index (Phi) is 4.33. The Morgan fingerprint density at radius 2 is 1.71 bits per heavy atom. The largest absolute Gasteiger partial charge is 0.447 e. The molecule has 1 aromatic heterocycles. The summed E-state index contributed by atoms with van der Waals surface area (Å²) < 4.78 is 82.0. The van der Waals surface area contributed by atoms with Crippen LogP contribution in [0.3, 0.4) is 0 Å². The van der Waals surface area contributed by atoms with E-state index in [9.17, 15) is 26.3 Å². The van der Waals surface area contributed by atoms with Crippen LogP contribution in [0, 0.1) is 0 Å². The van der Waals surface area contributed by atoms with Crippen LogP contribution >= 0.6 is 0 Å². The van der Waals surface area contributed by atoms with Gasteiger partial charge in [0.05, 0.1) is 12.8 Å². The molecule has 0 radical (unpaired) electrons. The molecule has 0 saturated heterocycles. The fourth-order valence-corrected chi connectivity index (χ4v) is 1.65. The van der Waals surface area contributed by atoms with Crippen molar-refractivity contribution in [2.24, 2.45) is 5.73 Å². The van der Waals surface area contributed by atoms with Gasteiger partial charge >= 0.3 is 18.2 Å². The zero-order valence-corrected chi connectivity index (χ0v) is 11.1. The van der Waals surface area contributed by atoms with Gasteiger partial charge < -0.3 is 16.2 Å². The molecule has 0 aromatic carbocycles. The minimum absolute atomic E-state index is 0.360. The van der Waals surface area contributed by atoms with E-state index >= 15 is 0 Å². The molecule has 0 fully saturated rings. The predicted molar refractivity (Wildman–Crippen MR) is 61.3 cm³/mol. The van der Waals surface area contributed by atoms with Crippen molar-refractivity contribution in [1.82, 2.24) is 0 Å². The lowest BCUT2D eigenvalue weighted by molar-refractivity contribution is -0.712. The molecule has 0 aliphatic carbocycles. The first-order valence-corrected chi connectivity index (χ1v) is 5.59. The number of halogens is 6. The van der Waals surface area contributed by atoms with Gasteiger partial charge in [-0.25, -0.2) is 0 Å². The Hall–Kier alpha value is -1.71. The SMILES string of the molecule is COc1c(C(F)(F)F)cc(N)c[n+]1CC(C)(N)C(F)(F)F. The Labute approximate surface area is 116 Å². The normalized spacial score (nSPS) is 15.7. The molecule has 1 rings (SSSR count). The van der Waals surface area contributed by atoms with Crippen molar-refractivity contribution in [2.75, 3.05) is 12.8 Å². The van der Waals surface area contributed by atoms with Crippen LogP contribution in [0.4, 0.5) is 32.0 Å². The van der Waals surface area contributed by atoms with Crippen molar-refractivity contribution in [1.29, 1.82) is 0 Å². The van der Waals surface area contributed by atoms with E-state index in [1.165, 1.54) is 0 Å². The number of aromatic nitrogens is 1. The zero-order chi connectivity index (χ0) is 16.6. The molecule has 0 spiro atoms. The lowest BCUT2D eigenvalue weighted by atomic mass is 10.0. The summed E-state index contributed by atoms with van der Waals surface area (Å²) in [4.78, 5) is 0. The van der Waals surface area contributed by atoms with E-state index in [2.05, 4.69) is 4.74 Å². The van der Waals surface area contributed by atoms with Crippen LogP contribution in [0.1, 0.15) is 12.5 Å². The van der Waals surface area contributed by atoms with Gasteiger partial charge in [-0.05, 0) is 13.0 Å². The highest BCUT2D eigenvalue weighted by Gasteiger charge is 2.52. The minimum atomic E-state index is -4.83. The third kappa shape index (κ3) is 3.69. The van der Waals surface area contributed by atoms with E-state index < -0.39 is 35.9 Å². The number of anilines is 1. The van der Waals surface area contributed by atoms with Gasteiger partial charge in [0, 0.05) is 0 Å². The molecule has 1 unspecified atom stereocenters. The minimum Gasteiger partial charge on any atom is -0.447 e. The summed E-state index contributed by atoms with van der Waals surface area (Å²) in [5.74, 6) is -0.794. The Morgan fingerprint density at radius 3 is 2.10 bits per heavy atom. The summed E-state index contributed by atoms with van der Waals surface area (Å²) in [6, 6.07) is 0.580. The van der Waals surface area contributed by atoms with Gasteiger partial charge in [0.2, 0.25) is 0 Å². The number of hydrogen-bond donors (Lipinski definition) is 2. The Balaban J connectivity index is 3.41. The van der Waals surface area contributed by atoms with Crippen LogP contribution in [-0.4, -0.2) is 18.8 Å². The monoisotopic (exact) mass is 318 g/mol. The van der Waals surface area contributed by atoms with E-state index in [1.807, 2.05) is 0 Å². The smallest absolute Gasteiger partial charge is 0.426 e. The number of alkyl halides is 6. The van der Waals surface area contributed by atoms with Gasteiger partial charge in [-0.2, -0.15) is 30.9 Å². The third-order valence-corrected chi connectivity index (χ3v) is 2.75. The second kappa shape index (κ2) is 5.24. The van der Waals surface area contributed by atoms with E-state index in [-0.39, 0.29) is 5.69 Å². The van der Waals surface area contributed by atoms with E-state index in [0.29, 0.717) is 17.6 Å². The molecule has 10 heteroatoms. The number of hydrogen-bond acceptors (Lipinski definition) is 3. The number of methoxy groups -OCH3 is 1. The van der Waals surface area contributed by atoms with Crippen molar-refractivity contribution in [3.8, 4) is 5.88 Å². The van der Waals surface area contributed by atoms with E-state index in [4.69, 9.17) is 11.5 Å². The number of pyridine rings is 1. The maximum Gasteiger partial charge on any atom is 0.426 e. The molecule has 4 nitrogen and oxygen atoms in total. The highest BCUT2D eigenvalue weighted by atomic mass is 19.4. The van der Waals surface area contributed by atoms with Crippen LogP contribution in [0.25, 0.3) is 0 Å². The van der Waals surface area contributed by atoms with Gasteiger partial charge in [0.1, 0.15) is 0 Å². The summed E-state index contributed by atoms with van der Waals surface area (Å²) in [6.07, 6.45) is -8.73. The first-order chi connectivity index (χ1) is 9.29. The topological polar surface area (TPSA) is 65.2 Å². The van der Waals surface area contributed by atoms with Gasteiger partial charge in [-0.1, -0.05) is 0 Å². The molecule has 0 amide bonds. The lowest BCUT2D eigenvalue weighted by Crippen LogP contribution is -2.60. The second-order valence-corrected chi connectivity index (χ2v) is 4.74. The molecular formula is C11H14F6N3O+. The molecular weight excluding hydrogens is 304 g/mol. The second-order valence-electron chi connectivity index (χ2n) is 4.74. The average Bonchev–Trinajstić information content (AvgIpc) is 2.24. The van der Waals surface area contributed by atoms with Crippen LogP contribution in [-0.2, 0) is 12.7 Å². The summed E-state index contributed by atoms with van der Waals surface area (Å²) in [5.41, 5.74) is 6.06. The summed E-state index contributed by atoms with van der Waals surface area (Å²) in [5, 5.41) is 0.